The first-order chi connectivity index (χ1) is 21.9. The van der Waals surface area contributed by atoms with Gasteiger partial charge in [-0.25, -0.2) is 18.6 Å². The van der Waals surface area contributed by atoms with Crippen molar-refractivity contribution in [3.63, 3.8) is 0 Å². The summed E-state index contributed by atoms with van der Waals surface area (Å²) in [6, 6.07) is 9.04. The average molecular weight is 684 g/mol. The van der Waals surface area contributed by atoms with Crippen LogP contribution in [0, 0.1) is 0 Å². The second-order valence-electron chi connectivity index (χ2n) is 13.3. The van der Waals surface area contributed by atoms with Crippen molar-refractivity contribution >= 4 is 16.2 Å². The molecule has 0 radical (unpaired) electrons. The summed E-state index contributed by atoms with van der Waals surface area (Å²) in [5.74, 6) is -3.25. The fourth-order valence-electron chi connectivity index (χ4n) is 6.77. The highest BCUT2D eigenvalue weighted by Crippen LogP contribution is 2.53. The molecule has 9 nitrogen and oxygen atoms in total. The minimum atomic E-state index is -5.86. The Kier molecular flexibility index (Phi) is 8.09. The van der Waals surface area contributed by atoms with Crippen LogP contribution < -0.4 is 4.18 Å². The topological polar surface area (TPSA) is 111 Å². The second-order valence-corrected chi connectivity index (χ2v) is 14.8. The standard InChI is InChI=1S/C32H34F5N3O6S/c1-29(2,3)45-28(41)40-18-31(33,34)16-24(40)27-38-17-23(39-27)20-6-4-19(5-7-20)21-8-9-25(46-47(42,43)32(35,36)37)22-10-11-30(26(21)22)12-14-44-15-13-30/h4-9,17,24H,10-16,18H2,1-3H3,(H,38,39)/t24-/m0/s1. The van der Waals surface area contributed by atoms with Crippen molar-refractivity contribution in [1.82, 2.24) is 14.9 Å². The molecule has 3 aromatic rings. The normalized spacial score (nSPS) is 20.8. The van der Waals surface area contributed by atoms with E-state index in [1.807, 2.05) is 12.1 Å². The van der Waals surface area contributed by atoms with Gasteiger partial charge in [0.1, 0.15) is 17.2 Å². The monoisotopic (exact) mass is 683 g/mol. The van der Waals surface area contributed by atoms with Gasteiger partial charge in [0, 0.05) is 30.6 Å². The summed E-state index contributed by atoms with van der Waals surface area (Å²) in [5, 5.41) is 0. The van der Waals surface area contributed by atoms with E-state index in [4.69, 9.17) is 9.47 Å². The molecule has 6 rings (SSSR count). The zero-order chi connectivity index (χ0) is 34.0. The predicted molar refractivity (Wildman–Crippen MR) is 160 cm³/mol. The molecule has 0 bridgehead atoms. The number of benzene rings is 2. The smallest absolute Gasteiger partial charge is 0.444 e. The number of ether oxygens (including phenoxy) is 2. The molecular weight excluding hydrogens is 649 g/mol. The van der Waals surface area contributed by atoms with E-state index < -0.39 is 57.7 Å². The highest BCUT2D eigenvalue weighted by Gasteiger charge is 2.51. The molecule has 2 fully saturated rings. The number of imidazole rings is 1. The number of hydrogen-bond acceptors (Lipinski definition) is 7. The van der Waals surface area contributed by atoms with E-state index in [2.05, 4.69) is 14.2 Å². The Morgan fingerprint density at radius 2 is 1.68 bits per heavy atom. The summed E-state index contributed by atoms with van der Waals surface area (Å²) >= 11 is 0. The number of likely N-dealkylation sites (tertiary alicyclic amines) is 1. The van der Waals surface area contributed by atoms with Crippen molar-refractivity contribution in [3.8, 4) is 28.1 Å². The number of aromatic amines is 1. The zero-order valence-corrected chi connectivity index (χ0v) is 26.7. The second kappa shape index (κ2) is 11.5. The molecule has 2 saturated heterocycles. The Morgan fingerprint density at radius 3 is 2.32 bits per heavy atom. The van der Waals surface area contributed by atoms with Crippen molar-refractivity contribution < 1.29 is 48.8 Å². The summed E-state index contributed by atoms with van der Waals surface area (Å²) in [7, 11) is -5.86. The third kappa shape index (κ3) is 6.43. The molecule has 0 saturated carbocycles. The molecule has 1 spiro atoms. The minimum absolute atomic E-state index is 0.191. The number of hydrogen-bond donors (Lipinski definition) is 1. The first-order valence-electron chi connectivity index (χ1n) is 15.2. The molecule has 47 heavy (non-hydrogen) atoms. The summed E-state index contributed by atoms with van der Waals surface area (Å²) in [6.45, 7) is 5.10. The lowest BCUT2D eigenvalue weighted by molar-refractivity contribution is -0.0500. The largest absolute Gasteiger partial charge is 0.534 e. The third-order valence-electron chi connectivity index (χ3n) is 8.90. The lowest BCUT2D eigenvalue weighted by Gasteiger charge is -2.36. The van der Waals surface area contributed by atoms with Crippen LogP contribution in [0.1, 0.15) is 69.4 Å². The molecule has 15 heteroatoms. The Labute approximate surface area is 268 Å². The van der Waals surface area contributed by atoms with E-state index in [-0.39, 0.29) is 11.6 Å². The summed E-state index contributed by atoms with van der Waals surface area (Å²) in [5.41, 5.74) is -2.96. The van der Waals surface area contributed by atoms with Crippen LogP contribution in [0.5, 0.6) is 5.75 Å². The van der Waals surface area contributed by atoms with Gasteiger partial charge >= 0.3 is 21.7 Å². The molecule has 1 aliphatic carbocycles. The Balaban J connectivity index is 1.31. The number of aromatic nitrogens is 2. The number of rotatable bonds is 5. The van der Waals surface area contributed by atoms with Crippen molar-refractivity contribution in [1.29, 1.82) is 0 Å². The van der Waals surface area contributed by atoms with E-state index in [0.717, 1.165) is 21.6 Å². The van der Waals surface area contributed by atoms with Gasteiger partial charge < -0.3 is 18.6 Å². The summed E-state index contributed by atoms with van der Waals surface area (Å²) in [6.07, 6.45) is 2.23. The number of H-pyrrole nitrogens is 1. The molecule has 1 N–H and O–H groups in total. The van der Waals surface area contributed by atoms with Crippen LogP contribution >= 0.6 is 0 Å². The predicted octanol–water partition coefficient (Wildman–Crippen LogP) is 7.28. The molecule has 1 aromatic heterocycles. The average Bonchev–Trinajstić information content (AvgIpc) is 3.69. The lowest BCUT2D eigenvalue weighted by Crippen LogP contribution is -2.38. The highest BCUT2D eigenvalue weighted by atomic mass is 32.2. The fraction of sp³-hybridized carbons (Fsp3) is 0.500. The first kappa shape index (κ1) is 33.2. The molecule has 2 aromatic carbocycles. The van der Waals surface area contributed by atoms with Crippen molar-refractivity contribution in [3.05, 3.63) is 59.5 Å². The van der Waals surface area contributed by atoms with Crippen LogP contribution in [0.15, 0.2) is 42.6 Å². The summed E-state index contributed by atoms with van der Waals surface area (Å²) < 4.78 is 108. The van der Waals surface area contributed by atoms with Crippen molar-refractivity contribution in [2.45, 2.75) is 81.4 Å². The van der Waals surface area contributed by atoms with E-state index in [1.54, 1.807) is 39.0 Å². The maximum absolute atomic E-state index is 14.5. The fourth-order valence-corrected chi connectivity index (χ4v) is 7.26. The van der Waals surface area contributed by atoms with Gasteiger partial charge in [-0.2, -0.15) is 21.6 Å². The number of carbonyl (C=O) groups excluding carboxylic acids is 1. The van der Waals surface area contributed by atoms with Crippen LogP contribution in [0.25, 0.3) is 22.4 Å². The minimum Gasteiger partial charge on any atom is -0.444 e. The van der Waals surface area contributed by atoms with Crippen molar-refractivity contribution in [2.75, 3.05) is 19.8 Å². The van der Waals surface area contributed by atoms with Crippen LogP contribution in [-0.4, -0.2) is 66.2 Å². The Morgan fingerprint density at radius 1 is 1.02 bits per heavy atom. The molecule has 3 heterocycles. The molecule has 1 atom stereocenters. The molecule has 0 unspecified atom stereocenters. The van der Waals surface area contributed by atoms with Gasteiger partial charge in [0.2, 0.25) is 0 Å². The van der Waals surface area contributed by atoms with E-state index in [9.17, 15) is 35.2 Å². The summed E-state index contributed by atoms with van der Waals surface area (Å²) in [4.78, 5) is 21.1. The van der Waals surface area contributed by atoms with E-state index >= 15 is 0 Å². The van der Waals surface area contributed by atoms with Crippen molar-refractivity contribution in [2.24, 2.45) is 0 Å². The molecule has 3 aliphatic rings. The quantitative estimate of drug-likeness (QED) is 0.171. The number of fused-ring (bicyclic) bond motifs is 2. The van der Waals surface area contributed by atoms with Crippen LogP contribution in [0.4, 0.5) is 26.7 Å². The van der Waals surface area contributed by atoms with E-state index in [1.165, 1.54) is 12.3 Å². The number of alkyl halides is 5. The SMILES string of the molecule is CC(C)(C)OC(=O)N1CC(F)(F)C[C@H]1c1ncc(-c2ccc(-c3ccc(OS(=O)(=O)C(F)(F)F)c4c3C3(CCOCC3)CC4)cc2)[nH]1. The van der Waals surface area contributed by atoms with Gasteiger partial charge in [-0.05, 0) is 74.8 Å². The van der Waals surface area contributed by atoms with Crippen LogP contribution in [0.2, 0.25) is 0 Å². The maximum Gasteiger partial charge on any atom is 0.534 e. The molecule has 2 aliphatic heterocycles. The van der Waals surface area contributed by atoms with Gasteiger partial charge in [-0.3, -0.25) is 4.90 Å². The van der Waals surface area contributed by atoms with Gasteiger partial charge in [0.05, 0.1) is 24.5 Å². The number of halogens is 5. The zero-order valence-electron chi connectivity index (χ0n) is 25.9. The van der Waals surface area contributed by atoms with Gasteiger partial charge in [-0.15, -0.1) is 0 Å². The van der Waals surface area contributed by atoms with Crippen LogP contribution in [0.3, 0.4) is 0 Å². The Bertz CT molecular complexity index is 1780. The Hall–Kier alpha value is -3.72. The van der Waals surface area contributed by atoms with Gasteiger partial charge in [0.15, 0.2) is 0 Å². The van der Waals surface area contributed by atoms with Crippen LogP contribution in [-0.2, 0) is 31.4 Å². The number of carbonyl (C=O) groups is 1. The number of nitrogens with zero attached hydrogens (tertiary/aromatic N) is 2. The molecule has 254 valence electrons. The maximum atomic E-state index is 14.5. The van der Waals surface area contributed by atoms with Gasteiger partial charge in [0.25, 0.3) is 5.92 Å². The lowest BCUT2D eigenvalue weighted by atomic mass is 9.72. The van der Waals surface area contributed by atoms with E-state index in [0.29, 0.717) is 55.7 Å². The first-order valence-corrected chi connectivity index (χ1v) is 16.6. The number of nitrogens with one attached hydrogen (secondary N) is 1. The number of amides is 1. The molecule has 1 amide bonds. The highest BCUT2D eigenvalue weighted by molar-refractivity contribution is 7.88. The molecular formula is C32H34F5N3O6S. The van der Waals surface area contributed by atoms with Gasteiger partial charge in [-0.1, -0.05) is 30.3 Å². The third-order valence-corrected chi connectivity index (χ3v) is 9.87.